The van der Waals surface area contributed by atoms with Crippen molar-refractivity contribution < 1.29 is 17.9 Å². The fourth-order valence-corrected chi connectivity index (χ4v) is 4.45. The van der Waals surface area contributed by atoms with Gasteiger partial charge in [0.25, 0.3) is 0 Å². The van der Waals surface area contributed by atoms with E-state index in [0.717, 1.165) is 11.3 Å². The van der Waals surface area contributed by atoms with Gasteiger partial charge in [-0.15, -0.1) is 0 Å². The van der Waals surface area contributed by atoms with Gasteiger partial charge in [0, 0.05) is 31.5 Å². The Morgan fingerprint density at radius 1 is 1.14 bits per heavy atom. The Morgan fingerprint density at radius 3 is 2.50 bits per heavy atom. The largest absolute Gasteiger partial charge is 0.379 e. The molecule has 0 aliphatic carbocycles. The minimum Gasteiger partial charge on any atom is -0.379 e. The summed E-state index contributed by atoms with van der Waals surface area (Å²) >= 11 is 0. The number of ether oxygens (including phenoxy) is 1. The summed E-state index contributed by atoms with van der Waals surface area (Å²) in [5, 5.41) is 2.84. The number of aryl methyl sites for hydroxylation is 1. The molecule has 7 nitrogen and oxygen atoms in total. The highest BCUT2D eigenvalue weighted by Gasteiger charge is 2.26. The number of rotatable bonds is 6. The molecule has 2 aromatic carbocycles. The second kappa shape index (κ2) is 8.72. The topological polar surface area (TPSA) is 79.0 Å². The number of carbonyl (C=O) groups is 1. The lowest BCUT2D eigenvalue weighted by Crippen LogP contribution is -2.40. The third kappa shape index (κ3) is 4.70. The molecule has 1 fully saturated rings. The molecule has 28 heavy (non-hydrogen) atoms. The van der Waals surface area contributed by atoms with Crippen molar-refractivity contribution in [2.45, 2.75) is 11.8 Å². The van der Waals surface area contributed by atoms with E-state index in [1.807, 2.05) is 49.2 Å². The molecule has 1 N–H and O–H groups in total. The Balaban J connectivity index is 1.73. The Hall–Kier alpha value is -2.42. The van der Waals surface area contributed by atoms with Gasteiger partial charge in [0.05, 0.1) is 24.7 Å². The van der Waals surface area contributed by atoms with E-state index in [2.05, 4.69) is 5.32 Å². The van der Waals surface area contributed by atoms with Crippen LogP contribution >= 0.6 is 0 Å². The van der Waals surface area contributed by atoms with Crippen molar-refractivity contribution in [3.05, 3.63) is 54.1 Å². The van der Waals surface area contributed by atoms with Crippen LogP contribution in [0.4, 0.5) is 11.4 Å². The first-order valence-electron chi connectivity index (χ1n) is 9.12. The van der Waals surface area contributed by atoms with Gasteiger partial charge in [0.1, 0.15) is 0 Å². The lowest BCUT2D eigenvalue weighted by atomic mass is 10.2. The number of hydrogen-bond donors (Lipinski definition) is 1. The lowest BCUT2D eigenvalue weighted by Gasteiger charge is -2.26. The molecule has 1 amide bonds. The number of morpholine rings is 1. The summed E-state index contributed by atoms with van der Waals surface area (Å²) in [7, 11) is -1.78. The number of amides is 1. The van der Waals surface area contributed by atoms with Gasteiger partial charge in [-0.3, -0.25) is 4.79 Å². The third-order valence-electron chi connectivity index (χ3n) is 4.67. The zero-order chi connectivity index (χ0) is 20.1. The number of sulfonamides is 1. The molecule has 0 atom stereocenters. The van der Waals surface area contributed by atoms with E-state index in [1.54, 1.807) is 12.1 Å². The van der Waals surface area contributed by atoms with Gasteiger partial charge < -0.3 is 15.0 Å². The molecule has 0 spiro atoms. The Morgan fingerprint density at radius 2 is 1.82 bits per heavy atom. The predicted molar refractivity (Wildman–Crippen MR) is 109 cm³/mol. The molecule has 0 saturated carbocycles. The summed E-state index contributed by atoms with van der Waals surface area (Å²) in [5.74, 6) is -0.213. The Labute approximate surface area is 166 Å². The summed E-state index contributed by atoms with van der Waals surface area (Å²) in [6.07, 6.45) is 0. The minimum absolute atomic E-state index is 0.157. The normalized spacial score (nSPS) is 15.2. The summed E-state index contributed by atoms with van der Waals surface area (Å²) in [6, 6.07) is 14.4. The number of anilines is 2. The molecule has 1 saturated heterocycles. The van der Waals surface area contributed by atoms with Crippen molar-refractivity contribution in [1.29, 1.82) is 0 Å². The van der Waals surface area contributed by atoms with Crippen molar-refractivity contribution in [3.8, 4) is 0 Å². The van der Waals surface area contributed by atoms with Crippen LogP contribution in [0.15, 0.2) is 53.4 Å². The van der Waals surface area contributed by atoms with Crippen LogP contribution in [0.3, 0.4) is 0 Å². The van der Waals surface area contributed by atoms with E-state index in [4.69, 9.17) is 4.74 Å². The standard InChI is InChI=1S/C20H25N3O4S/c1-16-8-9-18(28(25,26)23-10-12-27-13-11-23)14-19(16)21-20(24)15-22(2)17-6-4-3-5-7-17/h3-9,14H,10-13,15H2,1-2H3,(H,21,24). The minimum atomic E-state index is -3.61. The summed E-state index contributed by atoms with van der Waals surface area (Å²) in [4.78, 5) is 14.5. The van der Waals surface area contributed by atoms with E-state index < -0.39 is 10.0 Å². The van der Waals surface area contributed by atoms with Gasteiger partial charge in [-0.05, 0) is 36.8 Å². The fraction of sp³-hybridized carbons (Fsp3) is 0.350. The summed E-state index contributed by atoms with van der Waals surface area (Å²) in [5.41, 5.74) is 2.23. The Bertz CT molecular complexity index is 926. The van der Waals surface area contributed by atoms with Crippen LogP contribution in [0, 0.1) is 6.92 Å². The number of para-hydroxylation sites is 1. The highest BCUT2D eigenvalue weighted by molar-refractivity contribution is 7.89. The van der Waals surface area contributed by atoms with Gasteiger partial charge in [0.2, 0.25) is 15.9 Å². The molecule has 0 unspecified atom stereocenters. The molecule has 1 aliphatic rings. The van der Waals surface area contributed by atoms with E-state index in [-0.39, 0.29) is 17.3 Å². The van der Waals surface area contributed by atoms with Crippen molar-refractivity contribution in [2.75, 3.05) is 50.1 Å². The highest BCUT2D eigenvalue weighted by atomic mass is 32.2. The van der Waals surface area contributed by atoms with Crippen LogP contribution < -0.4 is 10.2 Å². The van der Waals surface area contributed by atoms with Gasteiger partial charge in [-0.1, -0.05) is 24.3 Å². The van der Waals surface area contributed by atoms with E-state index in [0.29, 0.717) is 32.0 Å². The lowest BCUT2D eigenvalue weighted by molar-refractivity contribution is -0.114. The van der Waals surface area contributed by atoms with Gasteiger partial charge >= 0.3 is 0 Å². The maximum atomic E-state index is 12.8. The number of carbonyl (C=O) groups excluding carboxylic acids is 1. The van der Waals surface area contributed by atoms with Crippen LogP contribution in [-0.2, 0) is 19.6 Å². The highest BCUT2D eigenvalue weighted by Crippen LogP contribution is 2.24. The third-order valence-corrected chi connectivity index (χ3v) is 6.56. The first-order valence-corrected chi connectivity index (χ1v) is 10.6. The quantitative estimate of drug-likeness (QED) is 0.799. The second-order valence-corrected chi connectivity index (χ2v) is 8.67. The van der Waals surface area contributed by atoms with Gasteiger partial charge in [0.15, 0.2) is 0 Å². The predicted octanol–water partition coefficient (Wildman–Crippen LogP) is 2.09. The van der Waals surface area contributed by atoms with E-state index in [1.165, 1.54) is 10.4 Å². The zero-order valence-electron chi connectivity index (χ0n) is 16.1. The van der Waals surface area contributed by atoms with Crippen LogP contribution in [0.25, 0.3) is 0 Å². The second-order valence-electron chi connectivity index (χ2n) is 6.73. The number of nitrogens with one attached hydrogen (secondary N) is 1. The van der Waals surface area contributed by atoms with Crippen molar-refractivity contribution in [2.24, 2.45) is 0 Å². The van der Waals surface area contributed by atoms with Crippen molar-refractivity contribution in [1.82, 2.24) is 4.31 Å². The molecule has 8 heteroatoms. The number of hydrogen-bond acceptors (Lipinski definition) is 5. The van der Waals surface area contributed by atoms with Crippen LogP contribution in [0.1, 0.15) is 5.56 Å². The molecule has 0 aromatic heterocycles. The average molecular weight is 404 g/mol. The first kappa shape index (κ1) is 20.3. The number of nitrogens with zero attached hydrogens (tertiary/aromatic N) is 2. The Kier molecular flexibility index (Phi) is 6.33. The summed E-state index contributed by atoms with van der Waals surface area (Å²) < 4.78 is 32.3. The summed E-state index contributed by atoms with van der Waals surface area (Å²) in [6.45, 7) is 3.44. The van der Waals surface area contributed by atoms with E-state index >= 15 is 0 Å². The van der Waals surface area contributed by atoms with Gasteiger partial charge in [-0.25, -0.2) is 8.42 Å². The average Bonchev–Trinajstić information content (AvgIpc) is 2.70. The maximum absolute atomic E-state index is 12.8. The van der Waals surface area contributed by atoms with Crippen LogP contribution in [-0.4, -0.2) is 58.5 Å². The van der Waals surface area contributed by atoms with Gasteiger partial charge in [-0.2, -0.15) is 4.31 Å². The van der Waals surface area contributed by atoms with Crippen LogP contribution in [0.2, 0.25) is 0 Å². The first-order chi connectivity index (χ1) is 13.4. The number of likely N-dealkylation sites (N-methyl/N-ethyl adjacent to an activating group) is 1. The molecular weight excluding hydrogens is 378 g/mol. The van der Waals surface area contributed by atoms with Crippen molar-refractivity contribution in [3.63, 3.8) is 0 Å². The smallest absolute Gasteiger partial charge is 0.243 e. The molecule has 0 bridgehead atoms. The van der Waals surface area contributed by atoms with E-state index in [9.17, 15) is 13.2 Å². The SMILES string of the molecule is Cc1ccc(S(=O)(=O)N2CCOCC2)cc1NC(=O)CN(C)c1ccccc1. The molecule has 2 aromatic rings. The molecule has 150 valence electrons. The molecule has 1 heterocycles. The number of benzene rings is 2. The molecule has 3 rings (SSSR count). The monoisotopic (exact) mass is 403 g/mol. The molecule has 1 aliphatic heterocycles. The van der Waals surface area contributed by atoms with Crippen LogP contribution in [0.5, 0.6) is 0 Å². The van der Waals surface area contributed by atoms with Crippen molar-refractivity contribution >= 4 is 27.3 Å². The molecular formula is C20H25N3O4S. The fourth-order valence-electron chi connectivity index (χ4n) is 3.01. The maximum Gasteiger partial charge on any atom is 0.243 e. The zero-order valence-corrected chi connectivity index (χ0v) is 16.9. The molecule has 0 radical (unpaired) electrons.